The molecule has 2 nitrogen and oxygen atoms in total. The maximum atomic E-state index is 8.66. The van der Waals surface area contributed by atoms with Gasteiger partial charge in [0.05, 0.1) is 6.61 Å². The Morgan fingerprint density at radius 2 is 2.15 bits per heavy atom. The summed E-state index contributed by atoms with van der Waals surface area (Å²) < 4.78 is 0. The van der Waals surface area contributed by atoms with Gasteiger partial charge in [0.15, 0.2) is 0 Å². The second-order valence-electron chi connectivity index (χ2n) is 4.86. The van der Waals surface area contributed by atoms with Crippen molar-refractivity contribution in [1.29, 1.82) is 0 Å². The van der Waals surface area contributed by atoms with Crippen LogP contribution in [0.5, 0.6) is 0 Å². The number of aliphatic hydroxyl groups excluding tert-OH is 1. The van der Waals surface area contributed by atoms with Crippen molar-refractivity contribution in [3.05, 3.63) is 0 Å². The minimum absolute atomic E-state index is 0.257. The molecule has 0 saturated heterocycles. The molecule has 1 rings (SSSR count). The van der Waals surface area contributed by atoms with Gasteiger partial charge in [-0.3, -0.25) is 0 Å². The Balaban J connectivity index is 2.29. The molecule has 2 N–H and O–H groups in total. The third kappa shape index (κ3) is 3.28. The Kier molecular flexibility index (Phi) is 4.20. The zero-order valence-corrected chi connectivity index (χ0v) is 8.97. The van der Waals surface area contributed by atoms with E-state index in [2.05, 4.69) is 19.2 Å². The summed E-state index contributed by atoms with van der Waals surface area (Å²) in [5.41, 5.74) is 0.501. The molecule has 0 spiro atoms. The van der Waals surface area contributed by atoms with Gasteiger partial charge in [-0.05, 0) is 30.7 Å². The first-order chi connectivity index (χ1) is 6.17. The summed E-state index contributed by atoms with van der Waals surface area (Å²) in [6.07, 6.45) is 5.49. The lowest BCUT2D eigenvalue weighted by Crippen LogP contribution is -2.36. The molecule has 0 amide bonds. The van der Waals surface area contributed by atoms with Crippen molar-refractivity contribution < 1.29 is 5.11 Å². The summed E-state index contributed by atoms with van der Waals surface area (Å²) in [4.78, 5) is 0. The maximum absolute atomic E-state index is 8.66. The van der Waals surface area contributed by atoms with Crippen LogP contribution >= 0.6 is 0 Å². The molecule has 13 heavy (non-hydrogen) atoms. The molecule has 1 saturated carbocycles. The molecular weight excluding hydrogens is 162 g/mol. The molecule has 0 aliphatic heterocycles. The van der Waals surface area contributed by atoms with Gasteiger partial charge in [0.1, 0.15) is 0 Å². The number of hydrogen-bond donors (Lipinski definition) is 2. The van der Waals surface area contributed by atoms with E-state index < -0.39 is 0 Å². The highest BCUT2D eigenvalue weighted by Crippen LogP contribution is 2.39. The first-order valence-electron chi connectivity index (χ1n) is 5.48. The summed E-state index contributed by atoms with van der Waals surface area (Å²) in [7, 11) is 0. The van der Waals surface area contributed by atoms with E-state index in [1.165, 1.54) is 25.7 Å². The molecule has 0 bridgehead atoms. The normalized spacial score (nSPS) is 27.5. The zero-order chi connectivity index (χ0) is 9.73. The van der Waals surface area contributed by atoms with E-state index in [9.17, 15) is 0 Å². The van der Waals surface area contributed by atoms with Crippen LogP contribution in [-0.2, 0) is 0 Å². The van der Waals surface area contributed by atoms with Crippen molar-refractivity contribution in [3.8, 4) is 0 Å². The Bertz CT molecular complexity index is 145. The lowest BCUT2D eigenvalue weighted by Gasteiger charge is -2.38. The fourth-order valence-electron chi connectivity index (χ4n) is 2.30. The third-order valence-electron chi connectivity index (χ3n) is 3.41. The maximum Gasteiger partial charge on any atom is 0.0555 e. The molecule has 1 fully saturated rings. The molecule has 78 valence electrons. The van der Waals surface area contributed by atoms with Crippen LogP contribution in [0.2, 0.25) is 0 Å². The average molecular weight is 185 g/mol. The standard InChI is InChI=1S/C11H23NO/c1-11(2)6-4-3-5-10(11)9-12-7-8-13/h10,12-13H,3-9H2,1-2H3. The van der Waals surface area contributed by atoms with Crippen molar-refractivity contribution in [1.82, 2.24) is 5.32 Å². The molecule has 2 heteroatoms. The van der Waals surface area contributed by atoms with Crippen LogP contribution in [0.25, 0.3) is 0 Å². The van der Waals surface area contributed by atoms with Gasteiger partial charge < -0.3 is 10.4 Å². The molecule has 0 aromatic rings. The highest BCUT2D eigenvalue weighted by atomic mass is 16.3. The monoisotopic (exact) mass is 185 g/mol. The van der Waals surface area contributed by atoms with Crippen LogP contribution in [0.1, 0.15) is 39.5 Å². The highest BCUT2D eigenvalue weighted by Gasteiger charge is 2.31. The summed E-state index contributed by atoms with van der Waals surface area (Å²) in [6.45, 7) is 6.82. The van der Waals surface area contributed by atoms with Gasteiger partial charge in [0.25, 0.3) is 0 Å². The molecule has 1 aliphatic carbocycles. The molecule has 1 aliphatic rings. The second-order valence-corrected chi connectivity index (χ2v) is 4.86. The van der Waals surface area contributed by atoms with E-state index in [0.717, 1.165) is 19.0 Å². The van der Waals surface area contributed by atoms with Crippen molar-refractivity contribution >= 4 is 0 Å². The Morgan fingerprint density at radius 1 is 1.38 bits per heavy atom. The third-order valence-corrected chi connectivity index (χ3v) is 3.41. The minimum atomic E-state index is 0.257. The van der Waals surface area contributed by atoms with Crippen LogP contribution in [-0.4, -0.2) is 24.8 Å². The smallest absolute Gasteiger partial charge is 0.0555 e. The fraction of sp³-hybridized carbons (Fsp3) is 1.00. The Morgan fingerprint density at radius 3 is 2.77 bits per heavy atom. The van der Waals surface area contributed by atoms with Crippen LogP contribution in [0.15, 0.2) is 0 Å². The fourth-order valence-corrected chi connectivity index (χ4v) is 2.30. The molecule has 0 aromatic heterocycles. The van der Waals surface area contributed by atoms with E-state index >= 15 is 0 Å². The SMILES string of the molecule is CC1(C)CCCCC1CNCCO. The lowest BCUT2D eigenvalue weighted by molar-refractivity contribution is 0.133. The second kappa shape index (κ2) is 4.97. The van der Waals surface area contributed by atoms with Gasteiger partial charge in [-0.25, -0.2) is 0 Å². The van der Waals surface area contributed by atoms with Crippen molar-refractivity contribution in [2.75, 3.05) is 19.7 Å². The Labute approximate surface area is 81.7 Å². The van der Waals surface area contributed by atoms with Crippen LogP contribution in [0.3, 0.4) is 0 Å². The highest BCUT2D eigenvalue weighted by molar-refractivity contribution is 4.83. The molecule has 1 unspecified atom stereocenters. The molecule has 1 atom stereocenters. The first kappa shape index (κ1) is 11.0. The van der Waals surface area contributed by atoms with Gasteiger partial charge in [0, 0.05) is 6.54 Å². The van der Waals surface area contributed by atoms with Gasteiger partial charge in [0.2, 0.25) is 0 Å². The van der Waals surface area contributed by atoms with E-state index in [1.54, 1.807) is 0 Å². The van der Waals surface area contributed by atoms with Gasteiger partial charge in [-0.2, -0.15) is 0 Å². The lowest BCUT2D eigenvalue weighted by atomic mass is 9.69. The number of rotatable bonds is 4. The summed E-state index contributed by atoms with van der Waals surface area (Å²) in [5, 5.41) is 12.0. The van der Waals surface area contributed by atoms with E-state index in [4.69, 9.17) is 5.11 Å². The molecule has 0 heterocycles. The van der Waals surface area contributed by atoms with E-state index in [0.29, 0.717) is 5.41 Å². The van der Waals surface area contributed by atoms with Crippen molar-refractivity contribution in [2.45, 2.75) is 39.5 Å². The average Bonchev–Trinajstić information content (AvgIpc) is 2.08. The van der Waals surface area contributed by atoms with Crippen LogP contribution < -0.4 is 5.32 Å². The first-order valence-corrected chi connectivity index (χ1v) is 5.48. The van der Waals surface area contributed by atoms with Gasteiger partial charge in [-0.1, -0.05) is 26.7 Å². The van der Waals surface area contributed by atoms with Gasteiger partial charge >= 0.3 is 0 Å². The molecular formula is C11H23NO. The predicted octanol–water partition coefficient (Wildman–Crippen LogP) is 1.78. The summed E-state index contributed by atoms with van der Waals surface area (Å²) >= 11 is 0. The Hall–Kier alpha value is -0.0800. The van der Waals surface area contributed by atoms with Crippen molar-refractivity contribution in [3.63, 3.8) is 0 Å². The van der Waals surface area contributed by atoms with E-state index in [1.807, 2.05) is 0 Å². The van der Waals surface area contributed by atoms with Gasteiger partial charge in [-0.15, -0.1) is 0 Å². The largest absolute Gasteiger partial charge is 0.395 e. The summed E-state index contributed by atoms with van der Waals surface area (Å²) in [6, 6.07) is 0. The van der Waals surface area contributed by atoms with Crippen LogP contribution in [0.4, 0.5) is 0 Å². The van der Waals surface area contributed by atoms with Crippen LogP contribution in [0, 0.1) is 11.3 Å². The minimum Gasteiger partial charge on any atom is -0.395 e. The quantitative estimate of drug-likeness (QED) is 0.654. The number of aliphatic hydroxyl groups is 1. The summed E-state index contributed by atoms with van der Waals surface area (Å²) in [5.74, 6) is 0.799. The number of hydrogen-bond acceptors (Lipinski definition) is 2. The topological polar surface area (TPSA) is 32.3 Å². The van der Waals surface area contributed by atoms with Crippen molar-refractivity contribution in [2.24, 2.45) is 11.3 Å². The molecule has 0 aromatic carbocycles. The van der Waals surface area contributed by atoms with E-state index in [-0.39, 0.29) is 6.61 Å². The number of nitrogens with one attached hydrogen (secondary N) is 1. The zero-order valence-electron chi connectivity index (χ0n) is 8.97. The predicted molar refractivity (Wildman–Crippen MR) is 55.7 cm³/mol. The molecule has 0 radical (unpaired) electrons.